The van der Waals surface area contributed by atoms with Crippen LogP contribution in [0.5, 0.6) is 0 Å². The monoisotopic (exact) mass is 255 g/mol. The molecule has 1 aromatic heterocycles. The Morgan fingerprint density at radius 1 is 1.53 bits per heavy atom. The highest BCUT2D eigenvalue weighted by molar-refractivity contribution is 7.99. The van der Waals surface area contributed by atoms with Gasteiger partial charge in [-0.25, -0.2) is 4.79 Å². The molecule has 0 amide bonds. The van der Waals surface area contributed by atoms with Crippen LogP contribution >= 0.6 is 11.8 Å². The zero-order chi connectivity index (χ0) is 12.4. The Hall–Kier alpha value is -1.17. The molecule has 0 spiro atoms. The van der Waals surface area contributed by atoms with Crippen molar-refractivity contribution in [2.75, 3.05) is 16.8 Å². The summed E-state index contributed by atoms with van der Waals surface area (Å²) in [6, 6.07) is 0.365. The van der Waals surface area contributed by atoms with E-state index in [0.29, 0.717) is 23.1 Å². The van der Waals surface area contributed by atoms with E-state index in [9.17, 15) is 9.90 Å². The van der Waals surface area contributed by atoms with Gasteiger partial charge < -0.3 is 10.4 Å². The van der Waals surface area contributed by atoms with Crippen molar-refractivity contribution in [3.8, 4) is 0 Å². The minimum atomic E-state index is -0.914. The van der Waals surface area contributed by atoms with E-state index in [2.05, 4.69) is 10.4 Å². The molecule has 0 bridgehead atoms. The molecule has 0 unspecified atom stereocenters. The quantitative estimate of drug-likeness (QED) is 0.861. The number of carboxylic acid groups (broad SMARTS) is 1. The number of aryl methyl sites for hydroxylation is 2. The van der Waals surface area contributed by atoms with Crippen molar-refractivity contribution in [3.05, 3.63) is 11.3 Å². The molecular weight excluding hydrogens is 238 g/mol. The van der Waals surface area contributed by atoms with Gasteiger partial charge in [-0.15, -0.1) is 0 Å². The number of aromatic carboxylic acids is 1. The predicted molar refractivity (Wildman–Crippen MR) is 68.9 cm³/mol. The third-order valence-electron chi connectivity index (χ3n) is 3.00. The molecule has 0 saturated carbocycles. The Morgan fingerprint density at radius 2 is 2.18 bits per heavy atom. The first-order valence-corrected chi connectivity index (χ1v) is 6.86. The predicted octanol–water partition coefficient (Wildman–Crippen LogP) is 1.73. The number of carbonyl (C=O) groups is 1. The Bertz CT molecular complexity index is 425. The van der Waals surface area contributed by atoms with E-state index in [1.54, 1.807) is 18.7 Å². The third kappa shape index (κ3) is 2.57. The highest BCUT2D eigenvalue weighted by Gasteiger charge is 2.22. The van der Waals surface area contributed by atoms with Crippen molar-refractivity contribution < 1.29 is 9.90 Å². The van der Waals surface area contributed by atoms with E-state index >= 15 is 0 Å². The fraction of sp³-hybridized carbons (Fsp3) is 0.636. The van der Waals surface area contributed by atoms with Crippen LogP contribution in [0.1, 0.15) is 28.9 Å². The fourth-order valence-corrected chi connectivity index (χ4v) is 3.22. The third-order valence-corrected chi connectivity index (χ3v) is 4.05. The lowest BCUT2D eigenvalue weighted by molar-refractivity contribution is 0.0697. The molecule has 2 heterocycles. The second-order valence-corrected chi connectivity index (χ2v) is 5.49. The standard InChI is InChI=1S/C11H17N3O2S/c1-7-9(11(15)16)10(14(2)13-7)12-8-3-5-17-6-4-8/h8,12H,3-6H2,1-2H3,(H,15,16). The van der Waals surface area contributed by atoms with E-state index in [1.807, 2.05) is 11.8 Å². The second-order valence-electron chi connectivity index (χ2n) is 4.27. The molecule has 0 radical (unpaired) electrons. The van der Waals surface area contributed by atoms with Crippen molar-refractivity contribution in [2.24, 2.45) is 7.05 Å². The molecule has 1 aromatic rings. The molecule has 6 heteroatoms. The maximum absolute atomic E-state index is 11.2. The number of hydrogen-bond acceptors (Lipinski definition) is 4. The zero-order valence-electron chi connectivity index (χ0n) is 10.1. The molecule has 0 aromatic carbocycles. The molecule has 5 nitrogen and oxygen atoms in total. The average Bonchev–Trinajstić information content (AvgIpc) is 2.55. The summed E-state index contributed by atoms with van der Waals surface area (Å²) in [6.45, 7) is 1.73. The first kappa shape index (κ1) is 12.3. The van der Waals surface area contributed by atoms with Crippen molar-refractivity contribution >= 4 is 23.5 Å². The van der Waals surface area contributed by atoms with Gasteiger partial charge in [0.15, 0.2) is 0 Å². The Balaban J connectivity index is 2.21. The van der Waals surface area contributed by atoms with E-state index in [4.69, 9.17) is 0 Å². The summed E-state index contributed by atoms with van der Waals surface area (Å²) < 4.78 is 1.63. The molecule has 0 atom stereocenters. The fourth-order valence-electron chi connectivity index (χ4n) is 2.12. The maximum Gasteiger partial charge on any atom is 0.341 e. The number of carboxylic acids is 1. The number of anilines is 1. The summed E-state index contributed by atoms with van der Waals surface area (Å²) in [6.07, 6.45) is 2.15. The van der Waals surface area contributed by atoms with Crippen LogP contribution in [-0.2, 0) is 7.05 Å². The molecule has 1 aliphatic rings. The average molecular weight is 255 g/mol. The number of aromatic nitrogens is 2. The van der Waals surface area contributed by atoms with Crippen LogP contribution in [0.4, 0.5) is 5.82 Å². The minimum absolute atomic E-state index is 0.297. The number of rotatable bonds is 3. The molecule has 1 aliphatic heterocycles. The second kappa shape index (κ2) is 5.00. The first-order valence-electron chi connectivity index (χ1n) is 5.70. The van der Waals surface area contributed by atoms with Crippen LogP contribution in [0, 0.1) is 6.92 Å². The van der Waals surface area contributed by atoms with Gasteiger partial charge in [-0.1, -0.05) is 0 Å². The molecular formula is C11H17N3O2S. The van der Waals surface area contributed by atoms with E-state index in [0.717, 1.165) is 24.3 Å². The highest BCUT2D eigenvalue weighted by Crippen LogP contribution is 2.24. The van der Waals surface area contributed by atoms with Crippen molar-refractivity contribution in [1.82, 2.24) is 9.78 Å². The molecule has 0 aliphatic carbocycles. The SMILES string of the molecule is Cc1nn(C)c(NC2CCSCC2)c1C(=O)O. The van der Waals surface area contributed by atoms with E-state index in [1.165, 1.54) is 0 Å². The summed E-state index contributed by atoms with van der Waals surface area (Å²) >= 11 is 1.95. The maximum atomic E-state index is 11.2. The van der Waals surface area contributed by atoms with Crippen LogP contribution in [0.25, 0.3) is 0 Å². The Kier molecular flexibility index (Phi) is 3.61. The van der Waals surface area contributed by atoms with Crippen molar-refractivity contribution in [2.45, 2.75) is 25.8 Å². The molecule has 2 N–H and O–H groups in total. The number of nitrogens with zero attached hydrogens (tertiary/aromatic N) is 2. The summed E-state index contributed by atoms with van der Waals surface area (Å²) in [5, 5.41) is 16.7. The summed E-state index contributed by atoms with van der Waals surface area (Å²) in [7, 11) is 1.78. The molecule has 1 saturated heterocycles. The van der Waals surface area contributed by atoms with Crippen LogP contribution in [-0.4, -0.2) is 38.4 Å². The molecule has 1 fully saturated rings. The molecule has 94 valence electrons. The Morgan fingerprint density at radius 3 is 2.76 bits per heavy atom. The van der Waals surface area contributed by atoms with Gasteiger partial charge in [0.05, 0.1) is 5.69 Å². The lowest BCUT2D eigenvalue weighted by atomic mass is 10.1. The van der Waals surface area contributed by atoms with Gasteiger partial charge in [0.1, 0.15) is 11.4 Å². The van der Waals surface area contributed by atoms with Gasteiger partial charge in [0.2, 0.25) is 0 Å². The summed E-state index contributed by atoms with van der Waals surface area (Å²) in [4.78, 5) is 11.2. The van der Waals surface area contributed by atoms with Gasteiger partial charge in [0, 0.05) is 13.1 Å². The Labute approximate surface area is 105 Å². The van der Waals surface area contributed by atoms with Gasteiger partial charge in [-0.05, 0) is 31.3 Å². The van der Waals surface area contributed by atoms with Crippen LogP contribution in [0.15, 0.2) is 0 Å². The molecule has 2 rings (SSSR count). The zero-order valence-corrected chi connectivity index (χ0v) is 10.9. The lowest BCUT2D eigenvalue weighted by Crippen LogP contribution is -2.26. The largest absolute Gasteiger partial charge is 0.477 e. The molecule has 17 heavy (non-hydrogen) atoms. The number of hydrogen-bond donors (Lipinski definition) is 2. The smallest absolute Gasteiger partial charge is 0.341 e. The van der Waals surface area contributed by atoms with Crippen molar-refractivity contribution in [1.29, 1.82) is 0 Å². The lowest BCUT2D eigenvalue weighted by Gasteiger charge is -2.23. The summed E-state index contributed by atoms with van der Waals surface area (Å²) in [5.41, 5.74) is 0.860. The minimum Gasteiger partial charge on any atom is -0.477 e. The topological polar surface area (TPSA) is 67.2 Å². The van der Waals surface area contributed by atoms with Crippen LogP contribution in [0.2, 0.25) is 0 Å². The number of nitrogens with one attached hydrogen (secondary N) is 1. The highest BCUT2D eigenvalue weighted by atomic mass is 32.2. The van der Waals surface area contributed by atoms with Gasteiger partial charge in [0.25, 0.3) is 0 Å². The first-order chi connectivity index (χ1) is 8.09. The van der Waals surface area contributed by atoms with Gasteiger partial charge >= 0.3 is 5.97 Å². The van der Waals surface area contributed by atoms with E-state index < -0.39 is 5.97 Å². The van der Waals surface area contributed by atoms with Crippen LogP contribution in [0.3, 0.4) is 0 Å². The van der Waals surface area contributed by atoms with Gasteiger partial charge in [-0.2, -0.15) is 16.9 Å². The summed E-state index contributed by atoms with van der Waals surface area (Å²) in [5.74, 6) is 1.99. The van der Waals surface area contributed by atoms with E-state index in [-0.39, 0.29) is 0 Å². The van der Waals surface area contributed by atoms with Crippen LogP contribution < -0.4 is 5.32 Å². The normalized spacial score (nSPS) is 17.1. The van der Waals surface area contributed by atoms with Gasteiger partial charge in [-0.3, -0.25) is 4.68 Å². The van der Waals surface area contributed by atoms with Crippen molar-refractivity contribution in [3.63, 3.8) is 0 Å². The number of thioether (sulfide) groups is 1.